The summed E-state index contributed by atoms with van der Waals surface area (Å²) in [5.41, 5.74) is 0.978. The zero-order valence-electron chi connectivity index (χ0n) is 9.78. The van der Waals surface area contributed by atoms with Gasteiger partial charge in [-0.05, 0) is 24.6 Å². The molecular formula is C15H16O2. The van der Waals surface area contributed by atoms with Crippen molar-refractivity contribution in [3.8, 4) is 5.75 Å². The first kappa shape index (κ1) is 11.7. The highest BCUT2D eigenvalue weighted by Crippen LogP contribution is 2.24. The number of benzene rings is 2. The van der Waals surface area contributed by atoms with E-state index in [0.717, 1.165) is 11.3 Å². The summed E-state index contributed by atoms with van der Waals surface area (Å²) >= 11 is 0. The molecule has 2 aromatic rings. The van der Waals surface area contributed by atoms with Gasteiger partial charge >= 0.3 is 0 Å². The van der Waals surface area contributed by atoms with Crippen molar-refractivity contribution in [2.75, 3.05) is 0 Å². The molecular weight excluding hydrogens is 212 g/mol. The first-order valence-corrected chi connectivity index (χ1v) is 5.72. The Bertz CT molecular complexity index is 437. The highest BCUT2D eigenvalue weighted by molar-refractivity contribution is 5.25. The Morgan fingerprint density at radius 1 is 0.882 bits per heavy atom. The van der Waals surface area contributed by atoms with E-state index in [9.17, 15) is 5.11 Å². The molecule has 0 saturated carbocycles. The molecule has 17 heavy (non-hydrogen) atoms. The molecule has 0 heterocycles. The van der Waals surface area contributed by atoms with Gasteiger partial charge in [0.1, 0.15) is 11.9 Å². The molecule has 0 aromatic heterocycles. The van der Waals surface area contributed by atoms with Gasteiger partial charge in [0.15, 0.2) is 0 Å². The Morgan fingerprint density at radius 3 is 1.94 bits per heavy atom. The quantitative estimate of drug-likeness (QED) is 0.870. The first-order chi connectivity index (χ1) is 8.27. The third-order valence-corrected chi connectivity index (χ3v) is 2.57. The second-order valence-electron chi connectivity index (χ2n) is 4.00. The number of rotatable bonds is 4. The maximum atomic E-state index is 9.80. The van der Waals surface area contributed by atoms with Crippen molar-refractivity contribution in [3.05, 3.63) is 66.2 Å². The smallest absolute Gasteiger partial charge is 0.149 e. The SMILES string of the molecule is C[C@@H](O)[C@H](Oc1ccccc1)c1ccccc1. The van der Waals surface area contributed by atoms with Crippen LogP contribution in [0, 0.1) is 0 Å². The van der Waals surface area contributed by atoms with Crippen molar-refractivity contribution in [2.45, 2.75) is 19.1 Å². The van der Waals surface area contributed by atoms with Gasteiger partial charge in [0.05, 0.1) is 6.10 Å². The van der Waals surface area contributed by atoms with Gasteiger partial charge in [-0.2, -0.15) is 0 Å². The number of aliphatic hydroxyl groups excluding tert-OH is 1. The topological polar surface area (TPSA) is 29.5 Å². The summed E-state index contributed by atoms with van der Waals surface area (Å²) in [6.07, 6.45) is -0.892. The molecule has 2 atom stereocenters. The fourth-order valence-electron chi connectivity index (χ4n) is 1.73. The van der Waals surface area contributed by atoms with E-state index >= 15 is 0 Å². The van der Waals surface area contributed by atoms with Crippen LogP contribution in [0.25, 0.3) is 0 Å². The van der Waals surface area contributed by atoms with E-state index < -0.39 is 6.10 Å². The molecule has 0 radical (unpaired) electrons. The van der Waals surface area contributed by atoms with Crippen molar-refractivity contribution in [3.63, 3.8) is 0 Å². The third-order valence-electron chi connectivity index (χ3n) is 2.57. The van der Waals surface area contributed by atoms with Gasteiger partial charge in [0.25, 0.3) is 0 Å². The van der Waals surface area contributed by atoms with Crippen LogP contribution in [-0.2, 0) is 0 Å². The average Bonchev–Trinajstić information content (AvgIpc) is 2.38. The summed E-state index contributed by atoms with van der Waals surface area (Å²) < 4.78 is 5.81. The maximum Gasteiger partial charge on any atom is 0.149 e. The fraction of sp³-hybridized carbons (Fsp3) is 0.200. The minimum Gasteiger partial charge on any atom is -0.483 e. The van der Waals surface area contributed by atoms with Gasteiger partial charge in [-0.15, -0.1) is 0 Å². The van der Waals surface area contributed by atoms with Crippen LogP contribution in [0.4, 0.5) is 0 Å². The van der Waals surface area contributed by atoms with Crippen molar-refractivity contribution >= 4 is 0 Å². The molecule has 2 aromatic carbocycles. The minimum atomic E-state index is -0.558. The van der Waals surface area contributed by atoms with Gasteiger partial charge in [-0.3, -0.25) is 0 Å². The Morgan fingerprint density at radius 2 is 1.41 bits per heavy atom. The van der Waals surface area contributed by atoms with Gasteiger partial charge < -0.3 is 9.84 Å². The van der Waals surface area contributed by atoms with E-state index in [1.165, 1.54) is 0 Å². The summed E-state index contributed by atoms with van der Waals surface area (Å²) in [6.45, 7) is 1.74. The van der Waals surface area contributed by atoms with Gasteiger partial charge in [0.2, 0.25) is 0 Å². The van der Waals surface area contributed by atoms with Crippen molar-refractivity contribution in [1.29, 1.82) is 0 Å². The minimum absolute atomic E-state index is 0.335. The predicted molar refractivity (Wildman–Crippen MR) is 67.9 cm³/mol. The number of hydrogen-bond acceptors (Lipinski definition) is 2. The molecule has 0 amide bonds. The van der Waals surface area contributed by atoms with Crippen LogP contribution in [0.3, 0.4) is 0 Å². The second-order valence-corrected chi connectivity index (χ2v) is 4.00. The van der Waals surface area contributed by atoms with Crippen molar-refractivity contribution < 1.29 is 9.84 Å². The van der Waals surface area contributed by atoms with E-state index in [-0.39, 0.29) is 6.10 Å². The van der Waals surface area contributed by atoms with Crippen LogP contribution >= 0.6 is 0 Å². The highest BCUT2D eigenvalue weighted by Gasteiger charge is 2.18. The lowest BCUT2D eigenvalue weighted by Gasteiger charge is -2.22. The van der Waals surface area contributed by atoms with E-state index in [0.29, 0.717) is 0 Å². The molecule has 0 fully saturated rings. The molecule has 0 saturated heterocycles. The Labute approximate surface area is 101 Å². The monoisotopic (exact) mass is 228 g/mol. The lowest BCUT2D eigenvalue weighted by atomic mass is 10.1. The Balaban J connectivity index is 2.20. The van der Waals surface area contributed by atoms with Crippen LogP contribution < -0.4 is 4.74 Å². The van der Waals surface area contributed by atoms with E-state index in [1.807, 2.05) is 60.7 Å². The number of aliphatic hydroxyl groups is 1. The molecule has 88 valence electrons. The predicted octanol–water partition coefficient (Wildman–Crippen LogP) is 3.19. The summed E-state index contributed by atoms with van der Waals surface area (Å²) in [6, 6.07) is 19.3. The Hall–Kier alpha value is -1.80. The van der Waals surface area contributed by atoms with Crippen LogP contribution in [0.15, 0.2) is 60.7 Å². The van der Waals surface area contributed by atoms with Crippen LogP contribution in [0.1, 0.15) is 18.6 Å². The molecule has 2 nitrogen and oxygen atoms in total. The lowest BCUT2D eigenvalue weighted by molar-refractivity contribution is 0.0480. The summed E-state index contributed by atoms with van der Waals surface area (Å²) in [7, 11) is 0. The molecule has 0 unspecified atom stereocenters. The number of para-hydroxylation sites is 1. The number of ether oxygens (including phenoxy) is 1. The number of hydrogen-bond donors (Lipinski definition) is 1. The normalized spacial score (nSPS) is 14.0. The Kier molecular flexibility index (Phi) is 3.78. The second kappa shape index (κ2) is 5.51. The maximum absolute atomic E-state index is 9.80. The summed E-state index contributed by atoms with van der Waals surface area (Å²) in [5, 5.41) is 9.80. The van der Waals surface area contributed by atoms with Crippen LogP contribution in [-0.4, -0.2) is 11.2 Å². The highest BCUT2D eigenvalue weighted by atomic mass is 16.5. The molecule has 2 rings (SSSR count). The molecule has 1 N–H and O–H groups in total. The third kappa shape index (κ3) is 3.08. The molecule has 0 spiro atoms. The lowest BCUT2D eigenvalue weighted by Crippen LogP contribution is -2.20. The van der Waals surface area contributed by atoms with Crippen molar-refractivity contribution in [1.82, 2.24) is 0 Å². The average molecular weight is 228 g/mol. The summed E-state index contributed by atoms with van der Waals surface area (Å²) in [5.74, 6) is 0.766. The van der Waals surface area contributed by atoms with E-state index in [1.54, 1.807) is 6.92 Å². The molecule has 0 aliphatic carbocycles. The van der Waals surface area contributed by atoms with Crippen LogP contribution in [0.5, 0.6) is 5.75 Å². The van der Waals surface area contributed by atoms with Crippen molar-refractivity contribution in [2.24, 2.45) is 0 Å². The van der Waals surface area contributed by atoms with E-state index in [4.69, 9.17) is 4.74 Å². The fourth-order valence-corrected chi connectivity index (χ4v) is 1.73. The van der Waals surface area contributed by atoms with Gasteiger partial charge in [-0.25, -0.2) is 0 Å². The van der Waals surface area contributed by atoms with E-state index in [2.05, 4.69) is 0 Å². The van der Waals surface area contributed by atoms with Gasteiger partial charge in [0, 0.05) is 0 Å². The largest absolute Gasteiger partial charge is 0.483 e. The molecule has 2 heteroatoms. The zero-order valence-corrected chi connectivity index (χ0v) is 9.78. The standard InChI is InChI=1S/C15H16O2/c1-12(16)15(13-8-4-2-5-9-13)17-14-10-6-3-7-11-14/h2-12,15-16H,1H3/t12-,15+/m1/s1. The summed E-state index contributed by atoms with van der Waals surface area (Å²) in [4.78, 5) is 0. The molecule has 0 aliphatic rings. The molecule has 0 aliphatic heterocycles. The van der Waals surface area contributed by atoms with Crippen LogP contribution in [0.2, 0.25) is 0 Å². The first-order valence-electron chi connectivity index (χ1n) is 5.72. The molecule has 0 bridgehead atoms. The van der Waals surface area contributed by atoms with Gasteiger partial charge in [-0.1, -0.05) is 48.5 Å². The zero-order chi connectivity index (χ0) is 12.1.